The monoisotopic (exact) mass is 260 g/mol. The summed E-state index contributed by atoms with van der Waals surface area (Å²) in [6.45, 7) is 6.26. The Morgan fingerprint density at radius 2 is 1.94 bits per heavy atom. The summed E-state index contributed by atoms with van der Waals surface area (Å²) in [6.07, 6.45) is 0. The van der Waals surface area contributed by atoms with Crippen LogP contribution in [0.15, 0.2) is 41.4 Å². The van der Waals surface area contributed by atoms with Gasteiger partial charge in [-0.1, -0.05) is 18.2 Å². The molecule has 1 heterocycles. The van der Waals surface area contributed by atoms with Crippen molar-refractivity contribution in [3.8, 4) is 0 Å². The van der Waals surface area contributed by atoms with E-state index in [9.17, 15) is 4.79 Å². The Hall–Kier alpha value is -1.68. The van der Waals surface area contributed by atoms with E-state index in [-0.39, 0.29) is 5.91 Å². The molecule has 0 aliphatic rings. The van der Waals surface area contributed by atoms with Gasteiger partial charge in [0, 0.05) is 17.3 Å². The maximum absolute atomic E-state index is 11.9. The van der Waals surface area contributed by atoms with E-state index >= 15 is 0 Å². The van der Waals surface area contributed by atoms with Crippen molar-refractivity contribution >= 4 is 17.4 Å². The molecule has 2 rings (SSSR count). The Balaban J connectivity index is 2.35. The Morgan fingerprint density at radius 3 is 2.50 bits per heavy atom. The molecule has 0 unspecified atom stereocenters. The molecule has 0 aliphatic carbocycles. The molecule has 0 saturated heterocycles. The molecule has 0 saturated carbocycles. The third kappa shape index (κ3) is 2.76. The van der Waals surface area contributed by atoms with Gasteiger partial charge in [-0.2, -0.15) is 4.99 Å². The molecule has 0 spiro atoms. The van der Waals surface area contributed by atoms with E-state index in [4.69, 9.17) is 0 Å². The van der Waals surface area contributed by atoms with E-state index in [0.717, 1.165) is 10.4 Å². The normalized spacial score (nSPS) is 12.1. The van der Waals surface area contributed by atoms with Crippen molar-refractivity contribution in [2.45, 2.75) is 26.8 Å². The summed E-state index contributed by atoms with van der Waals surface area (Å²) >= 11 is 1.52. The maximum atomic E-state index is 11.9. The Morgan fingerprint density at radius 1 is 1.28 bits per heavy atom. The minimum Gasteiger partial charge on any atom is -0.298 e. The molecule has 0 atom stereocenters. The maximum Gasteiger partial charge on any atom is 0.278 e. The molecule has 4 heteroatoms. The molecular formula is C14H16N2OS. The lowest BCUT2D eigenvalue weighted by atomic mass is 10.2. The SMILES string of the molecule is Cc1cc(=NC(=O)c2ccccc2)sn1C(C)C. The molecular weight excluding hydrogens is 244 g/mol. The van der Waals surface area contributed by atoms with Gasteiger partial charge in [0.1, 0.15) is 4.67 Å². The summed E-state index contributed by atoms with van der Waals surface area (Å²) < 4.78 is 2.91. The zero-order valence-electron chi connectivity index (χ0n) is 10.8. The highest BCUT2D eigenvalue weighted by atomic mass is 32.1. The number of amides is 1. The number of nitrogens with zero attached hydrogens (tertiary/aromatic N) is 2. The van der Waals surface area contributed by atoms with Crippen LogP contribution in [0.3, 0.4) is 0 Å². The number of hydrogen-bond donors (Lipinski definition) is 0. The number of carbonyl (C=O) groups excluding carboxylic acids is 1. The number of benzene rings is 1. The highest BCUT2D eigenvalue weighted by molar-refractivity contribution is 7.03. The second-order valence-electron chi connectivity index (χ2n) is 4.42. The van der Waals surface area contributed by atoms with Gasteiger partial charge in [0.25, 0.3) is 5.91 Å². The molecule has 0 radical (unpaired) electrons. The van der Waals surface area contributed by atoms with Gasteiger partial charge < -0.3 is 0 Å². The van der Waals surface area contributed by atoms with Gasteiger partial charge in [-0.05, 0) is 50.5 Å². The molecule has 1 aromatic carbocycles. The van der Waals surface area contributed by atoms with Crippen molar-refractivity contribution in [1.29, 1.82) is 0 Å². The third-order valence-corrected chi connectivity index (χ3v) is 3.88. The summed E-state index contributed by atoms with van der Waals surface area (Å²) in [7, 11) is 0. The average Bonchev–Trinajstić information content (AvgIpc) is 2.71. The van der Waals surface area contributed by atoms with Crippen molar-refractivity contribution in [2.75, 3.05) is 0 Å². The minimum atomic E-state index is -0.187. The van der Waals surface area contributed by atoms with E-state index in [0.29, 0.717) is 11.6 Å². The Bertz CT molecular complexity index is 608. The van der Waals surface area contributed by atoms with Crippen molar-refractivity contribution in [3.05, 3.63) is 52.3 Å². The lowest BCUT2D eigenvalue weighted by Crippen LogP contribution is -2.02. The van der Waals surface area contributed by atoms with Gasteiger partial charge >= 0.3 is 0 Å². The average molecular weight is 260 g/mol. The zero-order chi connectivity index (χ0) is 13.1. The molecule has 0 N–H and O–H groups in total. The fourth-order valence-electron chi connectivity index (χ4n) is 1.75. The number of aromatic nitrogens is 1. The van der Waals surface area contributed by atoms with Gasteiger partial charge in [0.15, 0.2) is 0 Å². The molecule has 0 bridgehead atoms. The van der Waals surface area contributed by atoms with Crippen molar-refractivity contribution in [1.82, 2.24) is 3.96 Å². The van der Waals surface area contributed by atoms with Gasteiger partial charge in [0.05, 0.1) is 0 Å². The van der Waals surface area contributed by atoms with Crippen LogP contribution in [0.2, 0.25) is 0 Å². The van der Waals surface area contributed by atoms with E-state index in [1.165, 1.54) is 11.5 Å². The van der Waals surface area contributed by atoms with Gasteiger partial charge in [-0.15, -0.1) is 0 Å². The summed E-state index contributed by atoms with van der Waals surface area (Å²) in [5.41, 5.74) is 1.76. The first-order chi connectivity index (χ1) is 8.58. The van der Waals surface area contributed by atoms with E-state index in [2.05, 4.69) is 22.8 Å². The molecule has 1 amide bonds. The van der Waals surface area contributed by atoms with E-state index in [1.54, 1.807) is 12.1 Å². The van der Waals surface area contributed by atoms with Gasteiger partial charge in [0.2, 0.25) is 0 Å². The van der Waals surface area contributed by atoms with Crippen LogP contribution in [0.25, 0.3) is 0 Å². The van der Waals surface area contributed by atoms with E-state index < -0.39 is 0 Å². The first kappa shape index (κ1) is 12.8. The second kappa shape index (κ2) is 5.31. The highest BCUT2D eigenvalue weighted by Gasteiger charge is 2.06. The smallest absolute Gasteiger partial charge is 0.278 e. The molecule has 0 fully saturated rings. The van der Waals surface area contributed by atoms with Crippen LogP contribution in [0.1, 0.15) is 35.9 Å². The quantitative estimate of drug-likeness (QED) is 0.816. The molecule has 18 heavy (non-hydrogen) atoms. The number of aryl methyl sites for hydroxylation is 1. The zero-order valence-corrected chi connectivity index (χ0v) is 11.6. The Labute approximate surface area is 111 Å². The van der Waals surface area contributed by atoms with Crippen LogP contribution < -0.4 is 4.67 Å². The summed E-state index contributed by atoms with van der Waals surface area (Å²) in [5.74, 6) is -0.187. The molecule has 1 aromatic heterocycles. The van der Waals surface area contributed by atoms with Gasteiger partial charge in [-0.25, -0.2) is 0 Å². The van der Waals surface area contributed by atoms with Gasteiger partial charge in [-0.3, -0.25) is 8.75 Å². The highest BCUT2D eigenvalue weighted by Crippen LogP contribution is 2.11. The van der Waals surface area contributed by atoms with Crippen molar-refractivity contribution in [2.24, 2.45) is 4.99 Å². The summed E-state index contributed by atoms with van der Waals surface area (Å²) in [5, 5.41) is 0. The minimum absolute atomic E-state index is 0.187. The molecule has 0 aliphatic heterocycles. The number of carbonyl (C=O) groups is 1. The number of hydrogen-bond acceptors (Lipinski definition) is 2. The predicted molar refractivity (Wildman–Crippen MR) is 73.8 cm³/mol. The van der Waals surface area contributed by atoms with Crippen molar-refractivity contribution < 1.29 is 4.79 Å². The lowest BCUT2D eigenvalue weighted by Gasteiger charge is -2.06. The van der Waals surface area contributed by atoms with E-state index in [1.807, 2.05) is 31.2 Å². The van der Waals surface area contributed by atoms with Crippen LogP contribution in [-0.4, -0.2) is 9.86 Å². The summed E-state index contributed by atoms with van der Waals surface area (Å²) in [6, 6.07) is 11.5. The van der Waals surface area contributed by atoms with Crippen LogP contribution >= 0.6 is 11.5 Å². The first-order valence-electron chi connectivity index (χ1n) is 5.91. The topological polar surface area (TPSA) is 34.4 Å². The van der Waals surface area contributed by atoms with Crippen LogP contribution in [0.4, 0.5) is 0 Å². The number of rotatable bonds is 2. The fourth-order valence-corrected chi connectivity index (χ4v) is 2.71. The van der Waals surface area contributed by atoms with Crippen LogP contribution in [0.5, 0.6) is 0 Å². The molecule has 3 nitrogen and oxygen atoms in total. The van der Waals surface area contributed by atoms with Crippen LogP contribution in [-0.2, 0) is 0 Å². The Kier molecular flexibility index (Phi) is 3.77. The molecule has 94 valence electrons. The largest absolute Gasteiger partial charge is 0.298 e. The molecule has 2 aromatic rings. The predicted octanol–water partition coefficient (Wildman–Crippen LogP) is 3.18. The standard InChI is InChI=1S/C14H16N2OS/c1-10(2)16-11(3)9-13(18-16)15-14(17)12-7-5-4-6-8-12/h4-10H,1-3H3. The second-order valence-corrected chi connectivity index (χ2v) is 5.41. The summed E-state index contributed by atoms with van der Waals surface area (Å²) in [4.78, 5) is 16.1. The van der Waals surface area contributed by atoms with Crippen LogP contribution in [0, 0.1) is 6.92 Å². The third-order valence-electron chi connectivity index (χ3n) is 2.57. The van der Waals surface area contributed by atoms with Crippen molar-refractivity contribution in [3.63, 3.8) is 0 Å². The first-order valence-corrected chi connectivity index (χ1v) is 6.69. The lowest BCUT2D eigenvalue weighted by molar-refractivity contribution is 0.0999. The fraction of sp³-hybridized carbons (Fsp3) is 0.286.